The van der Waals surface area contributed by atoms with Crippen molar-refractivity contribution in [3.63, 3.8) is 0 Å². The predicted octanol–water partition coefficient (Wildman–Crippen LogP) is 35.1. The van der Waals surface area contributed by atoms with Gasteiger partial charge in [-0.05, 0) is 272 Å². The largest absolute Gasteiger partial charge is 0.456 e. The van der Waals surface area contributed by atoms with Crippen molar-refractivity contribution in [3.05, 3.63) is 447 Å². The van der Waals surface area contributed by atoms with Gasteiger partial charge in [0, 0.05) is 88.1 Å². The molecule has 0 saturated heterocycles. The van der Waals surface area contributed by atoms with Gasteiger partial charge < -0.3 is 27.6 Å². The fourth-order valence-electron chi connectivity index (χ4n) is 22.5. The molecule has 0 bridgehead atoms. The molecule has 2 aliphatic rings. The number of para-hydroxylation sites is 4. The minimum absolute atomic E-state index is 0.175. The van der Waals surface area contributed by atoms with E-state index >= 15 is 0 Å². The van der Waals surface area contributed by atoms with Crippen LogP contribution in [0.5, 0.6) is 0 Å². The van der Waals surface area contributed by atoms with Gasteiger partial charge in [-0.2, -0.15) is 0 Å². The maximum Gasteiger partial charge on any atom is 0.252 e. The van der Waals surface area contributed by atoms with Crippen LogP contribution in [0.15, 0.2) is 444 Å². The monoisotopic (exact) mass is 1780 g/mol. The van der Waals surface area contributed by atoms with Crippen LogP contribution in [0.3, 0.4) is 0 Å². The van der Waals surface area contributed by atoms with Gasteiger partial charge >= 0.3 is 0 Å². The summed E-state index contributed by atoms with van der Waals surface area (Å²) in [5.41, 5.74) is 42.5. The summed E-state index contributed by atoms with van der Waals surface area (Å²) in [6.45, 7) is 20.7. The Bertz CT molecular complexity index is 8810. The van der Waals surface area contributed by atoms with Gasteiger partial charge in [-0.25, -0.2) is 0 Å². The van der Waals surface area contributed by atoms with E-state index in [4.69, 9.17) is 13.3 Å². The number of anilines is 6. The van der Waals surface area contributed by atoms with Gasteiger partial charge in [0.25, 0.3) is 6.71 Å². The predicted molar refractivity (Wildman–Crippen MR) is 587 cm³/mol. The Labute approximate surface area is 809 Å². The van der Waals surface area contributed by atoms with Crippen LogP contribution >= 0.6 is 0 Å². The molecule has 139 heavy (non-hydrogen) atoms. The van der Waals surface area contributed by atoms with E-state index in [9.17, 15) is 0 Å². The second-order valence-electron chi connectivity index (χ2n) is 41.0. The highest BCUT2D eigenvalue weighted by Crippen LogP contribution is 2.58. The Hall–Kier alpha value is -16.7. The van der Waals surface area contributed by atoms with Gasteiger partial charge in [-0.3, -0.25) is 0 Å². The van der Waals surface area contributed by atoms with Gasteiger partial charge in [0.1, 0.15) is 33.5 Å². The maximum atomic E-state index is 7.10. The van der Waals surface area contributed by atoms with Gasteiger partial charge in [-0.1, -0.05) is 360 Å². The van der Waals surface area contributed by atoms with Crippen molar-refractivity contribution < 1.29 is 13.3 Å². The van der Waals surface area contributed by atoms with Crippen LogP contribution in [-0.4, -0.2) is 11.3 Å². The molecule has 26 rings (SSSR count). The molecule has 0 saturated carbocycles. The average Bonchev–Trinajstić information content (AvgIpc) is 1.36. The summed E-state index contributed by atoms with van der Waals surface area (Å²) in [4.78, 5) is 5.49. The number of nitrogens with zero attached hydrogens (tertiary/aromatic N) is 3. The molecule has 0 unspecified atom stereocenters. The summed E-state index contributed by atoms with van der Waals surface area (Å²) in [6, 6.07) is 162. The van der Waals surface area contributed by atoms with Crippen molar-refractivity contribution in [1.82, 2.24) is 4.57 Å². The average molecular weight is 1790 g/mol. The first-order valence-electron chi connectivity index (χ1n) is 48.6. The van der Waals surface area contributed by atoms with Crippen LogP contribution < -0.4 is 26.2 Å². The molecule has 6 nitrogen and oxygen atoms in total. The first-order valence-corrected chi connectivity index (χ1v) is 48.6. The summed E-state index contributed by atoms with van der Waals surface area (Å²) >= 11 is 0. The van der Waals surface area contributed by atoms with Crippen LogP contribution in [0.25, 0.3) is 205 Å². The molecular formula is C132H98BN3O3. The molecule has 0 amide bonds. The number of rotatable bonds is 13. The summed E-state index contributed by atoms with van der Waals surface area (Å²) < 4.78 is 23.9. The van der Waals surface area contributed by atoms with E-state index < -0.39 is 6.71 Å². The van der Waals surface area contributed by atoms with Gasteiger partial charge in [0.15, 0.2) is 0 Å². The lowest BCUT2D eigenvalue weighted by atomic mass is 9.33. The SMILES string of the molecule is CC(C)(C)c1cc(-c2ccccc2)c(N2c3ccc(-c4cc(-c5ccccc5)cc(-c5ccccc5)c4)cc3B3c4ccc(-c5cc(-c6ccccc6)cc(-c6ccccc6)c5)cc4N(c4c(-c5cccc6oc7ccccc7c56)cccc4-c4cccc5oc6ccccc6c45)c4cc(-n5c6ccc(C(C)(C)C)cc6c6cc(C(C)(C)C)ccc65)cc2c43)c(-c2cccc3oc4ccccc4c23)c1. The lowest BCUT2D eigenvalue weighted by Crippen LogP contribution is -2.61. The quantitative estimate of drug-likeness (QED) is 0.108. The third kappa shape index (κ3) is 13.7. The minimum Gasteiger partial charge on any atom is -0.456 e. The van der Waals surface area contributed by atoms with E-state index in [1.165, 1.54) is 27.5 Å². The summed E-state index contributed by atoms with van der Waals surface area (Å²) in [5.74, 6) is 0. The molecule has 0 aliphatic carbocycles. The molecule has 0 radical (unpaired) electrons. The first kappa shape index (κ1) is 82.9. The van der Waals surface area contributed by atoms with Gasteiger partial charge in [0.05, 0.1) is 28.1 Å². The number of benzene rings is 20. The lowest BCUT2D eigenvalue weighted by molar-refractivity contribution is 0.590. The fraction of sp³-hybridized carbons (Fsp3) is 0.0909. The third-order valence-electron chi connectivity index (χ3n) is 29.4. The number of hydrogen-bond donors (Lipinski definition) is 0. The molecular weight excluding hydrogens is 1690 g/mol. The Morgan fingerprint density at radius 3 is 0.964 bits per heavy atom. The van der Waals surface area contributed by atoms with Crippen LogP contribution in [0, 0.1) is 0 Å². The van der Waals surface area contributed by atoms with E-state index in [1.54, 1.807) is 0 Å². The van der Waals surface area contributed by atoms with Crippen LogP contribution in [0.1, 0.15) is 79.0 Å². The minimum atomic E-state index is -0.467. The smallest absolute Gasteiger partial charge is 0.252 e. The molecule has 7 heteroatoms. The van der Waals surface area contributed by atoms with E-state index in [0.29, 0.717) is 0 Å². The second-order valence-corrected chi connectivity index (χ2v) is 41.0. The van der Waals surface area contributed by atoms with Crippen LogP contribution in [-0.2, 0) is 16.2 Å². The first-order chi connectivity index (χ1) is 67.8. The standard InChI is InChI=1S/C132H98BN3O3/c1-130(2,3)94-61-65-112-107(75-94)108-76-95(131(4,5)6)62-66-113(108)134(112)97-79-116-127-117(80-97)136(128-101(98-48-32-56-121-124(98)103-45-25-28-53-118(103)137-121)51-31-52-102(128)99-49-33-57-122-125(99)104-46-26-29-54-119(104)138-122)115-74-87(93-71-90(83-39-19-12-20-40-83)68-91(72-93)84-41-21-13-22-42-84)59-63-110(115)133(127)111-73-86(92-69-88(81-35-15-10-16-36-81)67-89(70-92)82-37-17-11-18-38-82)60-64-114(111)135(116)129-106(85-43-23-14-24-44-85)77-96(132(7,8)9)78-109(129)100-50-34-58-123-126(100)105-47-27-30-55-120(105)139-123/h10-80H,1-9H3. The topological polar surface area (TPSA) is 50.8 Å². The molecule has 4 aromatic heterocycles. The number of fused-ring (bicyclic) bond motifs is 16. The highest BCUT2D eigenvalue weighted by Gasteiger charge is 2.47. The van der Waals surface area contributed by atoms with Crippen molar-refractivity contribution in [2.45, 2.75) is 78.6 Å². The molecule has 2 aliphatic heterocycles. The Morgan fingerprint density at radius 2 is 0.540 bits per heavy atom. The molecule has 0 spiro atoms. The van der Waals surface area contributed by atoms with Gasteiger partial charge in [0.2, 0.25) is 0 Å². The van der Waals surface area contributed by atoms with E-state index in [0.717, 1.165) is 244 Å². The van der Waals surface area contributed by atoms with Crippen molar-refractivity contribution in [2.75, 3.05) is 9.80 Å². The van der Waals surface area contributed by atoms with Crippen molar-refractivity contribution in [3.8, 4) is 117 Å². The molecule has 6 heterocycles. The Morgan fingerprint density at radius 1 is 0.201 bits per heavy atom. The molecule has 0 fully saturated rings. The van der Waals surface area contributed by atoms with Gasteiger partial charge in [-0.15, -0.1) is 0 Å². The van der Waals surface area contributed by atoms with Crippen LogP contribution in [0.2, 0.25) is 0 Å². The van der Waals surface area contributed by atoms with Crippen molar-refractivity contribution >= 4 is 145 Å². The van der Waals surface area contributed by atoms with E-state index in [-0.39, 0.29) is 16.2 Å². The zero-order valence-electron chi connectivity index (χ0n) is 79.1. The third-order valence-corrected chi connectivity index (χ3v) is 29.4. The molecule has 0 N–H and O–H groups in total. The lowest BCUT2D eigenvalue weighted by Gasteiger charge is -2.46. The summed E-state index contributed by atoms with van der Waals surface area (Å²) in [6.07, 6.45) is 0. The second kappa shape index (κ2) is 32.0. The van der Waals surface area contributed by atoms with Crippen molar-refractivity contribution in [1.29, 1.82) is 0 Å². The summed E-state index contributed by atoms with van der Waals surface area (Å²) in [7, 11) is 0. The highest BCUT2D eigenvalue weighted by molar-refractivity contribution is 7.00. The normalized spacial score (nSPS) is 12.7. The maximum absolute atomic E-state index is 7.10. The number of hydrogen-bond acceptors (Lipinski definition) is 5. The Balaban J connectivity index is 0.881. The molecule has 0 atom stereocenters. The zero-order chi connectivity index (χ0) is 93.4. The van der Waals surface area contributed by atoms with Crippen molar-refractivity contribution in [2.24, 2.45) is 0 Å². The number of furan rings is 3. The fourth-order valence-corrected chi connectivity index (χ4v) is 22.5. The molecule has 24 aromatic rings. The van der Waals surface area contributed by atoms with E-state index in [2.05, 4.69) is 507 Å². The van der Waals surface area contributed by atoms with Crippen LogP contribution in [0.4, 0.5) is 34.1 Å². The highest BCUT2D eigenvalue weighted by atomic mass is 16.3. The number of aromatic nitrogens is 1. The summed E-state index contributed by atoms with van der Waals surface area (Å²) in [5, 5.41) is 8.62. The van der Waals surface area contributed by atoms with E-state index in [1.807, 2.05) is 0 Å². The molecule has 20 aromatic carbocycles. The zero-order valence-corrected chi connectivity index (χ0v) is 79.1. The Kier molecular flexibility index (Phi) is 19.1. The molecule has 662 valence electrons.